The van der Waals surface area contributed by atoms with Gasteiger partial charge < -0.3 is 0 Å². The van der Waals surface area contributed by atoms with E-state index < -0.39 is 0 Å². The zero-order chi connectivity index (χ0) is 8.72. The lowest BCUT2D eigenvalue weighted by molar-refractivity contribution is 1.12. The van der Waals surface area contributed by atoms with Crippen LogP contribution < -0.4 is 0 Å². The van der Waals surface area contributed by atoms with E-state index in [4.69, 9.17) is 34.8 Å². The molecule has 0 aliphatic rings. The number of nitrogens with one attached hydrogen (secondary N) is 1. The summed E-state index contributed by atoms with van der Waals surface area (Å²) < 4.78 is 0. The Hall–Kier alpha value is -0.440. The zero-order valence-electron chi connectivity index (χ0n) is 5.74. The summed E-state index contributed by atoms with van der Waals surface area (Å²) in [6.45, 7) is 0. The fourth-order valence-electron chi connectivity index (χ4n) is 0.992. The highest BCUT2D eigenvalue weighted by Crippen LogP contribution is 2.31. The third-order valence-electron chi connectivity index (χ3n) is 1.57. The quantitative estimate of drug-likeness (QED) is 0.724. The van der Waals surface area contributed by atoms with Gasteiger partial charge >= 0.3 is 0 Å². The lowest BCUT2D eigenvalue weighted by Gasteiger charge is -1.94. The molecule has 0 saturated heterocycles. The second kappa shape index (κ2) is 2.80. The van der Waals surface area contributed by atoms with E-state index in [1.54, 1.807) is 12.1 Å². The molecule has 2 rings (SSSR count). The molecule has 0 aliphatic heterocycles. The van der Waals surface area contributed by atoms with Gasteiger partial charge in [-0.05, 0) is 12.1 Å². The van der Waals surface area contributed by atoms with Crippen LogP contribution in [0.2, 0.25) is 15.2 Å². The molecule has 2 nitrogen and oxygen atoms in total. The van der Waals surface area contributed by atoms with Crippen LogP contribution in [-0.2, 0) is 0 Å². The van der Waals surface area contributed by atoms with Gasteiger partial charge in [-0.2, -0.15) is 5.10 Å². The number of H-pyrrole nitrogens is 1. The summed E-state index contributed by atoms with van der Waals surface area (Å²) in [5.74, 6) is 0. The largest absolute Gasteiger partial charge is 0.266 e. The van der Waals surface area contributed by atoms with Gasteiger partial charge in [-0.3, -0.25) is 5.10 Å². The van der Waals surface area contributed by atoms with Crippen LogP contribution in [0.5, 0.6) is 0 Å². The highest BCUT2D eigenvalue weighted by Gasteiger charge is 2.08. The number of nitrogens with zero attached hydrogens (tertiary/aromatic N) is 1. The van der Waals surface area contributed by atoms with Gasteiger partial charge in [-0.25, -0.2) is 0 Å². The standard InChI is InChI=1S/C7H3Cl3N2/c8-4-2-1-3-6(5(4)9)11-12-7(3)10/h1-2H,(H,11,12). The first-order valence-corrected chi connectivity index (χ1v) is 4.31. The van der Waals surface area contributed by atoms with E-state index in [0.29, 0.717) is 20.7 Å². The summed E-state index contributed by atoms with van der Waals surface area (Å²) >= 11 is 17.4. The SMILES string of the molecule is Clc1ccc2c(Cl)[nH]nc2c1Cl. The van der Waals surface area contributed by atoms with Crippen molar-refractivity contribution >= 4 is 45.7 Å². The Bertz CT molecular complexity index is 435. The molecule has 2 aromatic rings. The average Bonchev–Trinajstić information content (AvgIpc) is 2.41. The van der Waals surface area contributed by atoms with Gasteiger partial charge in [0.05, 0.1) is 10.0 Å². The summed E-state index contributed by atoms with van der Waals surface area (Å²) in [6, 6.07) is 3.46. The number of hydrogen-bond acceptors (Lipinski definition) is 1. The molecule has 1 aromatic heterocycles. The van der Waals surface area contributed by atoms with Gasteiger partial charge in [0.1, 0.15) is 10.7 Å². The molecule has 0 spiro atoms. The molecule has 0 unspecified atom stereocenters. The van der Waals surface area contributed by atoms with Crippen molar-refractivity contribution in [1.82, 2.24) is 10.2 Å². The molecule has 0 bridgehead atoms. The van der Waals surface area contributed by atoms with Crippen LogP contribution in [0.3, 0.4) is 0 Å². The zero-order valence-corrected chi connectivity index (χ0v) is 8.00. The molecular formula is C7H3Cl3N2. The molecule has 0 fully saturated rings. The molecule has 0 amide bonds. The van der Waals surface area contributed by atoms with Crippen LogP contribution in [0, 0.1) is 0 Å². The minimum Gasteiger partial charge on any atom is -0.266 e. The third-order valence-corrected chi connectivity index (χ3v) is 2.65. The first-order chi connectivity index (χ1) is 5.70. The first-order valence-electron chi connectivity index (χ1n) is 3.17. The van der Waals surface area contributed by atoms with Gasteiger partial charge in [-0.15, -0.1) is 0 Å². The Morgan fingerprint density at radius 3 is 2.67 bits per heavy atom. The maximum atomic E-state index is 5.87. The maximum Gasteiger partial charge on any atom is 0.132 e. The van der Waals surface area contributed by atoms with Gasteiger partial charge in [0.2, 0.25) is 0 Å². The molecule has 0 aliphatic carbocycles. The van der Waals surface area contributed by atoms with Crippen molar-refractivity contribution in [2.45, 2.75) is 0 Å². The molecule has 12 heavy (non-hydrogen) atoms. The second-order valence-electron chi connectivity index (χ2n) is 2.30. The smallest absolute Gasteiger partial charge is 0.132 e. The van der Waals surface area contributed by atoms with Crippen LogP contribution >= 0.6 is 34.8 Å². The number of fused-ring (bicyclic) bond motifs is 1. The van der Waals surface area contributed by atoms with Crippen molar-refractivity contribution < 1.29 is 0 Å². The van der Waals surface area contributed by atoms with E-state index in [1.165, 1.54) is 0 Å². The normalized spacial score (nSPS) is 10.9. The third kappa shape index (κ3) is 1.07. The van der Waals surface area contributed by atoms with Crippen LogP contribution in [0.15, 0.2) is 12.1 Å². The Labute approximate surface area is 83.4 Å². The van der Waals surface area contributed by atoms with Gasteiger partial charge in [0, 0.05) is 5.39 Å². The predicted octanol–water partition coefficient (Wildman–Crippen LogP) is 3.52. The predicted molar refractivity (Wildman–Crippen MR) is 51.1 cm³/mol. The van der Waals surface area contributed by atoms with Crippen LogP contribution in [0.25, 0.3) is 10.9 Å². The van der Waals surface area contributed by atoms with E-state index in [0.717, 1.165) is 5.39 Å². The second-order valence-corrected chi connectivity index (χ2v) is 3.46. The fraction of sp³-hybridized carbons (Fsp3) is 0. The number of aromatic amines is 1. The van der Waals surface area contributed by atoms with Crippen LogP contribution in [0.4, 0.5) is 0 Å². The molecule has 62 valence electrons. The molecule has 0 saturated carbocycles. The number of aromatic nitrogens is 2. The van der Waals surface area contributed by atoms with Crippen molar-refractivity contribution in [2.75, 3.05) is 0 Å². The molecular weight excluding hydrogens is 218 g/mol. The summed E-state index contributed by atoms with van der Waals surface area (Å²) in [5.41, 5.74) is 0.606. The van der Waals surface area contributed by atoms with E-state index in [1.807, 2.05) is 0 Å². The average molecular weight is 221 g/mol. The fourth-order valence-corrected chi connectivity index (χ4v) is 1.55. The Kier molecular flexibility index (Phi) is 1.91. The van der Waals surface area contributed by atoms with E-state index >= 15 is 0 Å². The highest BCUT2D eigenvalue weighted by molar-refractivity contribution is 6.46. The summed E-state index contributed by atoms with van der Waals surface area (Å²) in [7, 11) is 0. The Morgan fingerprint density at radius 1 is 1.17 bits per heavy atom. The Morgan fingerprint density at radius 2 is 1.92 bits per heavy atom. The molecule has 1 aromatic carbocycles. The van der Waals surface area contributed by atoms with Gasteiger partial charge in [-0.1, -0.05) is 34.8 Å². The molecule has 5 heteroatoms. The van der Waals surface area contributed by atoms with E-state index in [-0.39, 0.29) is 0 Å². The summed E-state index contributed by atoms with van der Waals surface area (Å²) in [5, 5.41) is 8.69. The molecule has 0 radical (unpaired) electrons. The van der Waals surface area contributed by atoms with Crippen molar-refractivity contribution in [3.63, 3.8) is 0 Å². The van der Waals surface area contributed by atoms with Crippen molar-refractivity contribution in [1.29, 1.82) is 0 Å². The number of hydrogen-bond donors (Lipinski definition) is 1. The van der Waals surface area contributed by atoms with Crippen molar-refractivity contribution in [3.05, 3.63) is 27.3 Å². The molecule has 1 heterocycles. The van der Waals surface area contributed by atoms with Crippen molar-refractivity contribution in [3.8, 4) is 0 Å². The minimum atomic E-state index is 0.428. The number of benzene rings is 1. The number of halogens is 3. The highest BCUT2D eigenvalue weighted by atomic mass is 35.5. The molecule has 0 atom stereocenters. The van der Waals surface area contributed by atoms with E-state index in [9.17, 15) is 0 Å². The monoisotopic (exact) mass is 220 g/mol. The lowest BCUT2D eigenvalue weighted by Crippen LogP contribution is -1.72. The van der Waals surface area contributed by atoms with E-state index in [2.05, 4.69) is 10.2 Å². The topological polar surface area (TPSA) is 28.7 Å². The maximum absolute atomic E-state index is 5.87. The van der Waals surface area contributed by atoms with Gasteiger partial charge in [0.25, 0.3) is 0 Å². The van der Waals surface area contributed by atoms with Crippen molar-refractivity contribution in [2.24, 2.45) is 0 Å². The lowest BCUT2D eigenvalue weighted by atomic mass is 10.2. The first kappa shape index (κ1) is 8.17. The number of rotatable bonds is 0. The van der Waals surface area contributed by atoms with Gasteiger partial charge in [0.15, 0.2) is 0 Å². The van der Waals surface area contributed by atoms with Crippen LogP contribution in [0.1, 0.15) is 0 Å². The minimum absolute atomic E-state index is 0.428. The molecule has 1 N–H and O–H groups in total. The summed E-state index contributed by atoms with van der Waals surface area (Å²) in [6.07, 6.45) is 0. The van der Waals surface area contributed by atoms with Crippen LogP contribution in [-0.4, -0.2) is 10.2 Å². The Balaban J connectivity index is 2.93. The summed E-state index contributed by atoms with van der Waals surface area (Å²) in [4.78, 5) is 0.